The van der Waals surface area contributed by atoms with E-state index in [9.17, 15) is 4.79 Å². The number of benzene rings is 1. The topological polar surface area (TPSA) is 64.8 Å². The second-order valence-corrected chi connectivity index (χ2v) is 5.67. The van der Waals surface area contributed by atoms with E-state index in [0.717, 1.165) is 0 Å². The number of ether oxygens (including phenoxy) is 2. The summed E-state index contributed by atoms with van der Waals surface area (Å²) in [6.07, 6.45) is 1.36. The number of aromatic nitrogens is 1. The van der Waals surface area contributed by atoms with E-state index in [0.29, 0.717) is 29.9 Å². The fraction of sp³-hybridized carbons (Fsp3) is 0.412. The van der Waals surface area contributed by atoms with Gasteiger partial charge in [-0.05, 0) is 18.1 Å². The number of carbonyl (C=O) groups excluding carboxylic acids is 1. The molecule has 1 amide bonds. The molecule has 0 fully saturated rings. The van der Waals surface area contributed by atoms with Gasteiger partial charge in [0, 0.05) is 19.7 Å². The molecule has 0 saturated heterocycles. The molecule has 0 bridgehead atoms. The maximum absolute atomic E-state index is 12.2. The molecule has 0 spiro atoms. The van der Waals surface area contributed by atoms with Gasteiger partial charge in [-0.1, -0.05) is 19.9 Å². The second-order valence-electron chi connectivity index (χ2n) is 5.67. The molecule has 0 atom stereocenters. The molecular weight excluding hydrogens is 296 g/mol. The summed E-state index contributed by atoms with van der Waals surface area (Å²) in [5.74, 6) is 1.95. The Labute approximate surface area is 136 Å². The number of hydrogen-bond donors (Lipinski definition) is 0. The van der Waals surface area contributed by atoms with Crippen LogP contribution in [0.25, 0.3) is 0 Å². The van der Waals surface area contributed by atoms with Gasteiger partial charge < -0.3 is 18.8 Å². The molecule has 124 valence electrons. The molecule has 2 rings (SSSR count). The van der Waals surface area contributed by atoms with Crippen LogP contribution >= 0.6 is 0 Å². The quantitative estimate of drug-likeness (QED) is 0.785. The highest BCUT2D eigenvalue weighted by Crippen LogP contribution is 2.20. The molecular formula is C17H22N2O4. The van der Waals surface area contributed by atoms with Crippen LogP contribution in [0.4, 0.5) is 0 Å². The van der Waals surface area contributed by atoms with E-state index in [-0.39, 0.29) is 18.2 Å². The average molecular weight is 318 g/mol. The summed E-state index contributed by atoms with van der Waals surface area (Å²) in [4.78, 5) is 18.0. The van der Waals surface area contributed by atoms with Gasteiger partial charge in [-0.15, -0.1) is 0 Å². The third-order valence-corrected chi connectivity index (χ3v) is 3.16. The van der Waals surface area contributed by atoms with E-state index >= 15 is 0 Å². The van der Waals surface area contributed by atoms with Gasteiger partial charge >= 0.3 is 0 Å². The summed E-state index contributed by atoms with van der Waals surface area (Å²) in [6, 6.07) is 7.25. The van der Waals surface area contributed by atoms with Crippen LogP contribution in [0.15, 0.2) is 34.9 Å². The van der Waals surface area contributed by atoms with Crippen molar-refractivity contribution in [3.8, 4) is 11.5 Å². The van der Waals surface area contributed by atoms with Gasteiger partial charge in [-0.3, -0.25) is 4.79 Å². The Bertz CT molecular complexity index is 652. The van der Waals surface area contributed by atoms with Gasteiger partial charge in [-0.25, -0.2) is 4.98 Å². The van der Waals surface area contributed by atoms with Crippen LogP contribution in [-0.2, 0) is 6.61 Å². The first-order valence-corrected chi connectivity index (χ1v) is 7.46. The summed E-state index contributed by atoms with van der Waals surface area (Å²) in [5, 5.41) is 0. The molecule has 6 heteroatoms. The zero-order valence-corrected chi connectivity index (χ0v) is 13.9. The van der Waals surface area contributed by atoms with Gasteiger partial charge in [0.25, 0.3) is 5.91 Å². The van der Waals surface area contributed by atoms with Crippen LogP contribution < -0.4 is 9.47 Å². The van der Waals surface area contributed by atoms with Gasteiger partial charge in [-0.2, -0.15) is 0 Å². The summed E-state index contributed by atoms with van der Waals surface area (Å²) >= 11 is 0. The van der Waals surface area contributed by atoms with E-state index in [1.54, 1.807) is 25.1 Å². The van der Waals surface area contributed by atoms with E-state index in [1.165, 1.54) is 6.26 Å². The highest BCUT2D eigenvalue weighted by atomic mass is 16.5. The Balaban J connectivity index is 1.95. The third-order valence-electron chi connectivity index (χ3n) is 3.16. The number of methoxy groups -OCH3 is 1. The highest BCUT2D eigenvalue weighted by Gasteiger charge is 2.17. The van der Waals surface area contributed by atoms with Crippen LogP contribution in [0.2, 0.25) is 0 Å². The minimum atomic E-state index is -0.157. The molecule has 0 aliphatic heterocycles. The maximum Gasteiger partial charge on any atom is 0.275 e. The summed E-state index contributed by atoms with van der Waals surface area (Å²) in [5.41, 5.74) is 0.289. The van der Waals surface area contributed by atoms with E-state index < -0.39 is 0 Å². The number of oxazole rings is 1. The van der Waals surface area contributed by atoms with Crippen molar-refractivity contribution >= 4 is 5.91 Å². The number of amides is 1. The first-order chi connectivity index (χ1) is 11.0. The monoisotopic (exact) mass is 318 g/mol. The normalized spacial score (nSPS) is 10.7. The smallest absolute Gasteiger partial charge is 0.275 e. The van der Waals surface area contributed by atoms with Crippen LogP contribution in [-0.4, -0.2) is 36.5 Å². The molecule has 0 N–H and O–H groups in total. The maximum atomic E-state index is 12.2. The Morgan fingerprint density at radius 3 is 2.78 bits per heavy atom. The van der Waals surface area contributed by atoms with E-state index in [1.807, 2.05) is 18.2 Å². The van der Waals surface area contributed by atoms with Crippen LogP contribution in [0, 0.1) is 5.92 Å². The minimum absolute atomic E-state index is 0.147. The number of rotatable bonds is 7. The molecule has 1 aromatic heterocycles. The predicted molar refractivity (Wildman–Crippen MR) is 85.6 cm³/mol. The summed E-state index contributed by atoms with van der Waals surface area (Å²) in [7, 11) is 3.35. The van der Waals surface area contributed by atoms with Crippen LogP contribution in [0.3, 0.4) is 0 Å². The van der Waals surface area contributed by atoms with Crippen molar-refractivity contribution in [2.24, 2.45) is 5.92 Å². The Morgan fingerprint density at radius 1 is 1.35 bits per heavy atom. The summed E-state index contributed by atoms with van der Waals surface area (Å²) in [6.45, 7) is 4.93. The molecule has 23 heavy (non-hydrogen) atoms. The SMILES string of the molecule is COc1cccc(OCc2nc(C(=O)N(C)CC(C)C)co2)c1. The van der Waals surface area contributed by atoms with E-state index in [2.05, 4.69) is 18.8 Å². The second kappa shape index (κ2) is 7.67. The van der Waals surface area contributed by atoms with Crippen molar-refractivity contribution in [1.82, 2.24) is 9.88 Å². The molecule has 1 aromatic carbocycles. The Kier molecular flexibility index (Phi) is 5.62. The number of nitrogens with zero attached hydrogens (tertiary/aromatic N) is 2. The Hall–Kier alpha value is -2.50. The van der Waals surface area contributed by atoms with Gasteiger partial charge in [0.15, 0.2) is 12.3 Å². The first-order valence-electron chi connectivity index (χ1n) is 7.46. The predicted octanol–water partition coefficient (Wildman–Crippen LogP) is 2.99. The first kappa shape index (κ1) is 16.9. The molecule has 6 nitrogen and oxygen atoms in total. The third kappa shape index (κ3) is 4.74. The molecule has 0 saturated carbocycles. The Morgan fingerprint density at radius 2 is 2.09 bits per heavy atom. The molecule has 1 heterocycles. The van der Waals surface area contributed by atoms with Gasteiger partial charge in [0.2, 0.25) is 5.89 Å². The highest BCUT2D eigenvalue weighted by molar-refractivity contribution is 5.91. The standard InChI is InChI=1S/C17H22N2O4/c1-12(2)9-19(3)17(20)15-10-23-16(18-15)11-22-14-7-5-6-13(8-14)21-4/h5-8,10,12H,9,11H2,1-4H3. The molecule has 2 aromatic rings. The molecule has 0 radical (unpaired) electrons. The van der Waals surface area contributed by atoms with Crippen molar-refractivity contribution in [3.05, 3.63) is 42.1 Å². The zero-order valence-electron chi connectivity index (χ0n) is 13.9. The number of hydrogen-bond acceptors (Lipinski definition) is 5. The van der Waals surface area contributed by atoms with Crippen molar-refractivity contribution in [2.75, 3.05) is 20.7 Å². The number of carbonyl (C=O) groups is 1. The van der Waals surface area contributed by atoms with Crippen molar-refractivity contribution in [2.45, 2.75) is 20.5 Å². The van der Waals surface area contributed by atoms with Gasteiger partial charge in [0.05, 0.1) is 7.11 Å². The van der Waals surface area contributed by atoms with E-state index in [4.69, 9.17) is 13.9 Å². The average Bonchev–Trinajstić information content (AvgIpc) is 3.00. The van der Waals surface area contributed by atoms with Crippen molar-refractivity contribution in [3.63, 3.8) is 0 Å². The summed E-state index contributed by atoms with van der Waals surface area (Å²) < 4.78 is 16.0. The lowest BCUT2D eigenvalue weighted by Gasteiger charge is -2.17. The largest absolute Gasteiger partial charge is 0.497 e. The lowest BCUT2D eigenvalue weighted by atomic mass is 10.2. The minimum Gasteiger partial charge on any atom is -0.497 e. The lowest BCUT2D eigenvalue weighted by molar-refractivity contribution is 0.0773. The van der Waals surface area contributed by atoms with Crippen molar-refractivity contribution in [1.29, 1.82) is 0 Å². The zero-order chi connectivity index (χ0) is 16.8. The molecule has 0 aliphatic rings. The fourth-order valence-electron chi connectivity index (χ4n) is 2.14. The molecule has 0 unspecified atom stereocenters. The fourth-order valence-corrected chi connectivity index (χ4v) is 2.14. The van der Waals surface area contributed by atoms with Crippen LogP contribution in [0.1, 0.15) is 30.2 Å². The van der Waals surface area contributed by atoms with Crippen molar-refractivity contribution < 1.29 is 18.7 Å². The van der Waals surface area contributed by atoms with Crippen LogP contribution in [0.5, 0.6) is 11.5 Å². The van der Waals surface area contributed by atoms with Gasteiger partial charge in [0.1, 0.15) is 17.8 Å². The molecule has 0 aliphatic carbocycles. The lowest BCUT2D eigenvalue weighted by Crippen LogP contribution is -2.30.